The molecule has 1 aromatic heterocycles. The van der Waals surface area contributed by atoms with Crippen molar-refractivity contribution in [3.63, 3.8) is 0 Å². The summed E-state index contributed by atoms with van der Waals surface area (Å²) < 4.78 is 0. The number of carbonyl (C=O) groups is 1. The highest BCUT2D eigenvalue weighted by Crippen LogP contribution is 2.33. The van der Waals surface area contributed by atoms with Crippen LogP contribution in [0.5, 0.6) is 0 Å². The minimum atomic E-state index is -0.185. The van der Waals surface area contributed by atoms with Crippen molar-refractivity contribution in [1.29, 1.82) is 0 Å². The number of amides is 1. The van der Waals surface area contributed by atoms with Crippen LogP contribution in [0.2, 0.25) is 5.02 Å². The van der Waals surface area contributed by atoms with Gasteiger partial charge in [0.05, 0.1) is 0 Å². The van der Waals surface area contributed by atoms with Gasteiger partial charge in [-0.2, -0.15) is 0 Å². The molecule has 1 atom stereocenters. The highest BCUT2D eigenvalue weighted by Gasteiger charge is 2.34. The first-order chi connectivity index (χ1) is 16.2. The van der Waals surface area contributed by atoms with E-state index in [1.807, 2.05) is 42.7 Å². The molecule has 5 nitrogen and oxygen atoms in total. The predicted octanol–water partition coefficient (Wildman–Crippen LogP) is 4.70. The maximum Gasteiger partial charge on any atom is 0.243 e. The van der Waals surface area contributed by atoms with Gasteiger partial charge in [-0.3, -0.25) is 9.78 Å². The van der Waals surface area contributed by atoms with E-state index in [0.29, 0.717) is 12.5 Å². The van der Waals surface area contributed by atoms with Crippen LogP contribution in [0, 0.1) is 5.92 Å². The van der Waals surface area contributed by atoms with Crippen LogP contribution in [0.1, 0.15) is 24.0 Å². The molecule has 6 heteroatoms. The second kappa shape index (κ2) is 9.84. The Morgan fingerprint density at radius 3 is 2.48 bits per heavy atom. The number of anilines is 2. The average molecular weight is 461 g/mol. The third kappa shape index (κ3) is 4.98. The Kier molecular flexibility index (Phi) is 6.49. The summed E-state index contributed by atoms with van der Waals surface area (Å²) in [5.41, 5.74) is 4.77. The smallest absolute Gasteiger partial charge is 0.243 e. The second-order valence-corrected chi connectivity index (χ2v) is 9.42. The molecule has 0 aliphatic carbocycles. The highest BCUT2D eigenvalue weighted by atomic mass is 35.5. The minimum absolute atomic E-state index is 0.122. The van der Waals surface area contributed by atoms with Gasteiger partial charge < -0.3 is 15.1 Å². The zero-order valence-electron chi connectivity index (χ0n) is 18.7. The number of hydrogen-bond donors (Lipinski definition) is 1. The molecule has 1 N–H and O–H groups in total. The monoisotopic (exact) mass is 460 g/mol. The van der Waals surface area contributed by atoms with Crippen molar-refractivity contribution in [3.8, 4) is 0 Å². The molecule has 0 spiro atoms. The van der Waals surface area contributed by atoms with E-state index in [4.69, 9.17) is 11.6 Å². The molecule has 0 bridgehead atoms. The van der Waals surface area contributed by atoms with E-state index in [-0.39, 0.29) is 11.9 Å². The molecular formula is C27H29ClN4O. The van der Waals surface area contributed by atoms with E-state index in [0.717, 1.165) is 55.2 Å². The SMILES string of the molecule is O=C(NCC1CCN(c2ccncc2)CC1)C1Cc2ccccc2N1Cc1ccc(Cl)cc1. The summed E-state index contributed by atoms with van der Waals surface area (Å²) in [6.45, 7) is 3.46. The number of nitrogens with zero attached hydrogens (tertiary/aromatic N) is 3. The quantitative estimate of drug-likeness (QED) is 0.579. The fourth-order valence-electron chi connectivity index (χ4n) is 4.98. The summed E-state index contributed by atoms with van der Waals surface area (Å²) >= 11 is 6.06. The third-order valence-corrected chi connectivity index (χ3v) is 7.12. The standard InChI is InChI=1S/C27H29ClN4O/c28-23-7-5-21(6-8-23)19-32-25-4-2-1-3-22(25)17-26(32)27(33)30-18-20-11-15-31(16-12-20)24-9-13-29-14-10-24/h1-10,13-14,20,26H,11-12,15-19H2,(H,30,33). The maximum absolute atomic E-state index is 13.3. The summed E-state index contributed by atoms with van der Waals surface area (Å²) in [5, 5.41) is 4.01. The van der Waals surface area contributed by atoms with Crippen LogP contribution in [0.25, 0.3) is 0 Å². The number of fused-ring (bicyclic) bond motifs is 1. The topological polar surface area (TPSA) is 48.5 Å². The number of aromatic nitrogens is 1. The van der Waals surface area contributed by atoms with Crippen LogP contribution >= 0.6 is 11.6 Å². The number of halogens is 1. The van der Waals surface area contributed by atoms with Crippen LogP contribution in [0.3, 0.4) is 0 Å². The number of nitrogens with one attached hydrogen (secondary N) is 1. The molecule has 33 heavy (non-hydrogen) atoms. The number of para-hydroxylation sites is 1. The zero-order valence-corrected chi connectivity index (χ0v) is 19.4. The first-order valence-electron chi connectivity index (χ1n) is 11.7. The summed E-state index contributed by atoms with van der Waals surface area (Å²) in [7, 11) is 0. The van der Waals surface area contributed by atoms with Gasteiger partial charge in [-0.1, -0.05) is 41.9 Å². The normalized spacial score (nSPS) is 18.3. The fraction of sp³-hybridized carbons (Fsp3) is 0.333. The van der Waals surface area contributed by atoms with Gasteiger partial charge in [0.25, 0.3) is 0 Å². The molecule has 170 valence electrons. The van der Waals surface area contributed by atoms with Gasteiger partial charge >= 0.3 is 0 Å². The molecule has 3 heterocycles. The van der Waals surface area contributed by atoms with Crippen LogP contribution in [0.15, 0.2) is 73.1 Å². The van der Waals surface area contributed by atoms with E-state index in [1.165, 1.54) is 11.3 Å². The van der Waals surface area contributed by atoms with Gasteiger partial charge in [-0.25, -0.2) is 0 Å². The van der Waals surface area contributed by atoms with Crippen molar-refractivity contribution in [2.45, 2.75) is 31.8 Å². The van der Waals surface area contributed by atoms with E-state index in [1.54, 1.807) is 0 Å². The van der Waals surface area contributed by atoms with Gasteiger partial charge in [0.2, 0.25) is 5.91 Å². The van der Waals surface area contributed by atoms with Gasteiger partial charge in [0, 0.05) is 61.4 Å². The summed E-state index contributed by atoms with van der Waals surface area (Å²) in [5.74, 6) is 0.636. The zero-order chi connectivity index (χ0) is 22.6. The molecule has 5 rings (SSSR count). The van der Waals surface area contributed by atoms with Crippen molar-refractivity contribution >= 4 is 28.9 Å². The largest absolute Gasteiger partial charge is 0.371 e. The third-order valence-electron chi connectivity index (χ3n) is 6.87. The van der Waals surface area contributed by atoms with Gasteiger partial charge in [-0.15, -0.1) is 0 Å². The Morgan fingerprint density at radius 1 is 1.00 bits per heavy atom. The number of benzene rings is 2. The lowest BCUT2D eigenvalue weighted by Gasteiger charge is -2.34. The Balaban J connectivity index is 1.20. The van der Waals surface area contributed by atoms with E-state index < -0.39 is 0 Å². The van der Waals surface area contributed by atoms with Gasteiger partial charge in [0.1, 0.15) is 6.04 Å². The lowest BCUT2D eigenvalue weighted by Crippen LogP contribution is -2.47. The van der Waals surface area contributed by atoms with Crippen molar-refractivity contribution in [3.05, 3.63) is 89.2 Å². The maximum atomic E-state index is 13.3. The molecule has 0 radical (unpaired) electrons. The Bertz CT molecular complexity index is 1080. The van der Waals surface area contributed by atoms with Crippen LogP contribution < -0.4 is 15.1 Å². The molecule has 1 saturated heterocycles. The highest BCUT2D eigenvalue weighted by molar-refractivity contribution is 6.30. The Labute approximate surface area is 200 Å². The molecule has 2 aliphatic rings. The lowest BCUT2D eigenvalue weighted by molar-refractivity contribution is -0.122. The predicted molar refractivity (Wildman–Crippen MR) is 134 cm³/mol. The van der Waals surface area contributed by atoms with Gasteiger partial charge in [0.15, 0.2) is 0 Å². The fourth-order valence-corrected chi connectivity index (χ4v) is 5.11. The average Bonchev–Trinajstić information content (AvgIpc) is 3.23. The van der Waals surface area contributed by atoms with Crippen LogP contribution in [-0.4, -0.2) is 36.6 Å². The number of piperidine rings is 1. The van der Waals surface area contributed by atoms with Crippen molar-refractivity contribution in [2.24, 2.45) is 5.92 Å². The Hall–Kier alpha value is -3.05. The molecule has 0 saturated carbocycles. The summed E-state index contributed by atoms with van der Waals surface area (Å²) in [6, 6.07) is 20.2. The number of rotatable bonds is 6. The van der Waals surface area contributed by atoms with E-state index in [2.05, 4.69) is 50.4 Å². The van der Waals surface area contributed by atoms with Gasteiger partial charge in [-0.05, 0) is 60.2 Å². The number of pyridine rings is 1. The summed E-state index contributed by atoms with van der Waals surface area (Å²) in [4.78, 5) is 22.1. The van der Waals surface area contributed by atoms with Crippen molar-refractivity contribution in [2.75, 3.05) is 29.4 Å². The first kappa shape index (κ1) is 21.8. The van der Waals surface area contributed by atoms with Crippen molar-refractivity contribution < 1.29 is 4.79 Å². The number of carbonyl (C=O) groups excluding carboxylic acids is 1. The molecule has 1 unspecified atom stereocenters. The van der Waals surface area contributed by atoms with Crippen LogP contribution in [0.4, 0.5) is 11.4 Å². The van der Waals surface area contributed by atoms with E-state index in [9.17, 15) is 4.79 Å². The molecule has 2 aromatic carbocycles. The minimum Gasteiger partial charge on any atom is -0.371 e. The Morgan fingerprint density at radius 2 is 1.73 bits per heavy atom. The summed E-state index contributed by atoms with van der Waals surface area (Å²) in [6.07, 6.45) is 6.61. The molecule has 3 aromatic rings. The van der Waals surface area contributed by atoms with Crippen molar-refractivity contribution in [1.82, 2.24) is 10.3 Å². The molecular weight excluding hydrogens is 432 g/mol. The lowest BCUT2D eigenvalue weighted by atomic mass is 9.96. The molecule has 2 aliphatic heterocycles. The van der Waals surface area contributed by atoms with Crippen LogP contribution in [-0.2, 0) is 17.8 Å². The van der Waals surface area contributed by atoms with E-state index >= 15 is 0 Å². The molecule has 1 amide bonds. The number of hydrogen-bond acceptors (Lipinski definition) is 4. The first-order valence-corrected chi connectivity index (χ1v) is 12.1. The molecule has 1 fully saturated rings. The second-order valence-electron chi connectivity index (χ2n) is 8.98.